The maximum Gasteiger partial charge on any atom is 0.204 e. The lowest BCUT2D eigenvalue weighted by Crippen LogP contribution is -2.16. The third kappa shape index (κ3) is 5.67. The minimum atomic E-state index is 0.250. The summed E-state index contributed by atoms with van der Waals surface area (Å²) < 4.78 is 0. The summed E-state index contributed by atoms with van der Waals surface area (Å²) >= 11 is 0. The Hall–Kier alpha value is -0.530. The topological polar surface area (TPSA) is 43.1 Å². The normalized spacial score (nSPS) is 27.7. The molecule has 0 bridgehead atoms. The molecule has 0 aliphatic heterocycles. The van der Waals surface area contributed by atoms with E-state index in [1.54, 1.807) is 0 Å². The van der Waals surface area contributed by atoms with Gasteiger partial charge in [0.25, 0.3) is 0 Å². The molecule has 2 nitrogen and oxygen atoms in total. The molecular formula is C11H23NO. The third-order valence-electron chi connectivity index (χ3n) is 3.00. The van der Waals surface area contributed by atoms with Crippen LogP contribution in [-0.4, -0.2) is 6.41 Å². The van der Waals surface area contributed by atoms with Crippen LogP contribution >= 0.6 is 0 Å². The molecule has 1 fully saturated rings. The zero-order chi connectivity index (χ0) is 10.3. The van der Waals surface area contributed by atoms with Gasteiger partial charge < -0.3 is 5.73 Å². The van der Waals surface area contributed by atoms with Gasteiger partial charge in [0, 0.05) is 0 Å². The first-order chi connectivity index (χ1) is 6.11. The number of carbonyl (C=O) groups is 1. The Morgan fingerprint density at radius 3 is 1.92 bits per heavy atom. The second kappa shape index (κ2) is 6.93. The summed E-state index contributed by atoms with van der Waals surface area (Å²) in [7, 11) is 0. The van der Waals surface area contributed by atoms with E-state index in [9.17, 15) is 0 Å². The smallest absolute Gasteiger partial charge is 0.204 e. The van der Waals surface area contributed by atoms with Crippen LogP contribution < -0.4 is 5.73 Å². The van der Waals surface area contributed by atoms with Crippen molar-refractivity contribution in [1.82, 2.24) is 0 Å². The highest BCUT2D eigenvalue weighted by Crippen LogP contribution is 2.32. The number of hydrogen-bond donors (Lipinski definition) is 1. The van der Waals surface area contributed by atoms with Crippen LogP contribution in [0.3, 0.4) is 0 Å². The predicted molar refractivity (Wildman–Crippen MR) is 56.2 cm³/mol. The summed E-state index contributed by atoms with van der Waals surface area (Å²) in [5.41, 5.74) is 4.17. The molecule has 1 saturated carbocycles. The van der Waals surface area contributed by atoms with Crippen LogP contribution in [0.4, 0.5) is 0 Å². The van der Waals surface area contributed by atoms with Crippen molar-refractivity contribution >= 4 is 6.41 Å². The van der Waals surface area contributed by atoms with E-state index in [-0.39, 0.29) is 6.41 Å². The lowest BCUT2D eigenvalue weighted by molar-refractivity contribution is -0.106. The molecule has 0 unspecified atom stereocenters. The Bertz CT molecular complexity index is 126. The number of primary amides is 1. The first-order valence-electron chi connectivity index (χ1n) is 5.27. The zero-order valence-electron chi connectivity index (χ0n) is 9.12. The second-order valence-corrected chi connectivity index (χ2v) is 4.40. The van der Waals surface area contributed by atoms with Gasteiger partial charge in [-0.2, -0.15) is 0 Å². The second-order valence-electron chi connectivity index (χ2n) is 4.40. The van der Waals surface area contributed by atoms with E-state index in [1.165, 1.54) is 25.7 Å². The van der Waals surface area contributed by atoms with Gasteiger partial charge in [-0.3, -0.25) is 4.79 Å². The zero-order valence-corrected chi connectivity index (χ0v) is 9.12. The summed E-state index contributed by atoms with van der Waals surface area (Å²) in [6.45, 7) is 7.11. The molecule has 0 heterocycles. The van der Waals surface area contributed by atoms with Crippen LogP contribution in [0.15, 0.2) is 0 Å². The fourth-order valence-corrected chi connectivity index (χ4v) is 1.95. The average molecular weight is 185 g/mol. The highest BCUT2D eigenvalue weighted by atomic mass is 16.1. The molecule has 1 amide bonds. The highest BCUT2D eigenvalue weighted by Gasteiger charge is 2.19. The maximum absolute atomic E-state index is 8.58. The van der Waals surface area contributed by atoms with E-state index >= 15 is 0 Å². The minimum absolute atomic E-state index is 0.250. The molecule has 78 valence electrons. The van der Waals surface area contributed by atoms with Crippen LogP contribution in [0.1, 0.15) is 46.5 Å². The molecule has 1 rings (SSSR count). The monoisotopic (exact) mass is 185 g/mol. The number of carbonyl (C=O) groups excluding carboxylic acids is 1. The highest BCUT2D eigenvalue weighted by molar-refractivity contribution is 5.42. The summed E-state index contributed by atoms with van der Waals surface area (Å²) in [5.74, 6) is 2.97. The van der Waals surface area contributed by atoms with Gasteiger partial charge in [0.15, 0.2) is 0 Å². The molecule has 13 heavy (non-hydrogen) atoms. The molecule has 0 aromatic rings. The molecule has 0 radical (unpaired) electrons. The van der Waals surface area contributed by atoms with Gasteiger partial charge in [-0.1, -0.05) is 33.6 Å². The van der Waals surface area contributed by atoms with E-state index in [1.807, 2.05) is 0 Å². The molecule has 1 aliphatic rings. The molecule has 0 saturated heterocycles. The van der Waals surface area contributed by atoms with Crippen molar-refractivity contribution in [3.8, 4) is 0 Å². The Morgan fingerprint density at radius 1 is 1.23 bits per heavy atom. The third-order valence-corrected chi connectivity index (χ3v) is 3.00. The number of amides is 1. The maximum atomic E-state index is 8.58. The fraction of sp³-hybridized carbons (Fsp3) is 0.909. The fourth-order valence-electron chi connectivity index (χ4n) is 1.95. The number of hydrogen-bond acceptors (Lipinski definition) is 1. The first kappa shape index (κ1) is 12.5. The van der Waals surface area contributed by atoms with Crippen molar-refractivity contribution in [3.05, 3.63) is 0 Å². The van der Waals surface area contributed by atoms with E-state index in [0.29, 0.717) is 0 Å². The van der Waals surface area contributed by atoms with Crippen LogP contribution in [0.25, 0.3) is 0 Å². The van der Waals surface area contributed by atoms with Gasteiger partial charge in [0.1, 0.15) is 0 Å². The molecular weight excluding hydrogens is 162 g/mol. The molecule has 1 aliphatic carbocycles. The largest absolute Gasteiger partial charge is 0.372 e. The van der Waals surface area contributed by atoms with Gasteiger partial charge >= 0.3 is 0 Å². The Balaban J connectivity index is 0.000000424. The predicted octanol–water partition coefficient (Wildman–Crippen LogP) is 2.57. The summed E-state index contributed by atoms with van der Waals surface area (Å²) in [4.78, 5) is 8.58. The summed E-state index contributed by atoms with van der Waals surface area (Å²) in [5, 5.41) is 0. The summed E-state index contributed by atoms with van der Waals surface area (Å²) in [6.07, 6.45) is 6.17. The average Bonchev–Trinajstić information content (AvgIpc) is 2.06. The first-order valence-corrected chi connectivity index (χ1v) is 5.27. The summed E-state index contributed by atoms with van der Waals surface area (Å²) in [6, 6.07) is 0. The number of rotatable bonds is 1. The molecule has 2 N–H and O–H groups in total. The van der Waals surface area contributed by atoms with Gasteiger partial charge in [-0.25, -0.2) is 0 Å². The van der Waals surface area contributed by atoms with Crippen LogP contribution in [0.5, 0.6) is 0 Å². The quantitative estimate of drug-likeness (QED) is 0.627. The van der Waals surface area contributed by atoms with E-state index in [0.717, 1.165) is 17.8 Å². The molecule has 0 aromatic heterocycles. The van der Waals surface area contributed by atoms with Crippen LogP contribution in [-0.2, 0) is 4.79 Å². The number of nitrogens with two attached hydrogens (primary N) is 1. The van der Waals surface area contributed by atoms with Crippen molar-refractivity contribution in [2.24, 2.45) is 23.5 Å². The van der Waals surface area contributed by atoms with E-state index in [2.05, 4.69) is 26.5 Å². The molecule has 0 atom stereocenters. The van der Waals surface area contributed by atoms with Gasteiger partial charge in [-0.05, 0) is 30.6 Å². The molecule has 2 heteroatoms. The van der Waals surface area contributed by atoms with Crippen molar-refractivity contribution in [1.29, 1.82) is 0 Å². The van der Waals surface area contributed by atoms with Crippen LogP contribution in [0, 0.1) is 17.8 Å². The lowest BCUT2D eigenvalue weighted by Gasteiger charge is -2.28. The van der Waals surface area contributed by atoms with E-state index < -0.39 is 0 Å². The van der Waals surface area contributed by atoms with Crippen molar-refractivity contribution in [3.63, 3.8) is 0 Å². The van der Waals surface area contributed by atoms with Crippen molar-refractivity contribution in [2.75, 3.05) is 0 Å². The van der Waals surface area contributed by atoms with Gasteiger partial charge in [-0.15, -0.1) is 0 Å². The van der Waals surface area contributed by atoms with Crippen molar-refractivity contribution < 1.29 is 4.79 Å². The standard InChI is InChI=1S/C10H20.CH3NO/c1-8(2)10-6-4-9(3)5-7-10;2-1-3/h8-10H,4-7H2,1-3H3;1H,(H2,2,3). The van der Waals surface area contributed by atoms with Crippen molar-refractivity contribution in [2.45, 2.75) is 46.5 Å². The van der Waals surface area contributed by atoms with Gasteiger partial charge in [0.05, 0.1) is 0 Å². The lowest BCUT2D eigenvalue weighted by atomic mass is 9.78. The Morgan fingerprint density at radius 2 is 1.62 bits per heavy atom. The molecule has 0 aromatic carbocycles. The van der Waals surface area contributed by atoms with Crippen LogP contribution in [0.2, 0.25) is 0 Å². The van der Waals surface area contributed by atoms with E-state index in [4.69, 9.17) is 4.79 Å². The Labute approximate surface area is 81.9 Å². The SMILES string of the molecule is CC1CCC(C(C)C)CC1.NC=O. The Kier molecular flexibility index (Phi) is 6.65. The molecule has 0 spiro atoms. The minimum Gasteiger partial charge on any atom is -0.372 e. The van der Waals surface area contributed by atoms with Gasteiger partial charge in [0.2, 0.25) is 6.41 Å².